The molecule has 0 N–H and O–H groups in total. The Bertz CT molecular complexity index is 975. The van der Waals surface area contributed by atoms with Crippen LogP contribution in [0.3, 0.4) is 0 Å². The van der Waals surface area contributed by atoms with E-state index < -0.39 is 0 Å². The smallest absolute Gasteiger partial charge is 0.184 e. The summed E-state index contributed by atoms with van der Waals surface area (Å²) in [6, 6.07) is 19.2. The standard InChI is InChI=1S/C24H27N3O2/c1-2-26-11-13-27(14-12-26)23-21-6-4-3-5-20(21)17-22(25-23)18-7-9-19(10-8-18)24-28-15-16-29-24/h3-10,17,24H,2,11-16H2,1H3. The molecule has 0 unspecified atom stereocenters. The number of piperazine rings is 1. The van der Waals surface area contributed by atoms with Crippen LogP contribution in [0.25, 0.3) is 22.0 Å². The monoisotopic (exact) mass is 389 g/mol. The van der Waals surface area contributed by atoms with Crippen molar-refractivity contribution in [3.05, 3.63) is 60.2 Å². The van der Waals surface area contributed by atoms with Crippen LogP contribution >= 0.6 is 0 Å². The Balaban J connectivity index is 1.49. The lowest BCUT2D eigenvalue weighted by molar-refractivity contribution is -0.0441. The molecule has 0 amide bonds. The Labute approximate surface area is 171 Å². The number of hydrogen-bond donors (Lipinski definition) is 0. The van der Waals surface area contributed by atoms with Gasteiger partial charge >= 0.3 is 0 Å². The predicted molar refractivity (Wildman–Crippen MR) is 116 cm³/mol. The largest absolute Gasteiger partial charge is 0.354 e. The van der Waals surface area contributed by atoms with E-state index in [4.69, 9.17) is 14.5 Å². The average Bonchev–Trinajstić information content (AvgIpc) is 3.33. The Hall–Kier alpha value is -2.47. The molecule has 2 aliphatic heterocycles. The zero-order valence-electron chi connectivity index (χ0n) is 16.9. The molecule has 3 heterocycles. The van der Waals surface area contributed by atoms with E-state index in [1.807, 2.05) is 0 Å². The predicted octanol–water partition coefficient (Wildman–Crippen LogP) is 4.09. The highest BCUT2D eigenvalue weighted by atomic mass is 16.7. The molecular formula is C24H27N3O2. The first kappa shape index (κ1) is 18.6. The molecule has 2 saturated heterocycles. The van der Waals surface area contributed by atoms with Crippen molar-refractivity contribution in [1.82, 2.24) is 9.88 Å². The fourth-order valence-corrected chi connectivity index (χ4v) is 4.21. The number of nitrogens with zero attached hydrogens (tertiary/aromatic N) is 3. The number of likely N-dealkylation sites (N-methyl/N-ethyl adjacent to an activating group) is 1. The molecular weight excluding hydrogens is 362 g/mol. The zero-order valence-corrected chi connectivity index (χ0v) is 16.9. The van der Waals surface area contributed by atoms with Crippen molar-refractivity contribution in [3.8, 4) is 11.3 Å². The Kier molecular flexibility index (Phi) is 5.19. The average molecular weight is 389 g/mol. The first-order valence-corrected chi connectivity index (χ1v) is 10.5. The number of benzene rings is 2. The molecule has 0 saturated carbocycles. The van der Waals surface area contributed by atoms with E-state index in [1.54, 1.807) is 0 Å². The number of rotatable bonds is 4. The molecule has 0 spiro atoms. The minimum atomic E-state index is -0.237. The van der Waals surface area contributed by atoms with E-state index in [1.165, 1.54) is 10.8 Å². The molecule has 29 heavy (non-hydrogen) atoms. The first-order chi connectivity index (χ1) is 14.3. The molecule has 0 radical (unpaired) electrons. The van der Waals surface area contributed by atoms with Gasteiger partial charge in [-0.05, 0) is 18.0 Å². The molecule has 0 aliphatic carbocycles. The van der Waals surface area contributed by atoms with E-state index in [2.05, 4.69) is 71.3 Å². The Morgan fingerprint density at radius 1 is 0.931 bits per heavy atom. The number of ether oxygens (including phenoxy) is 2. The van der Waals surface area contributed by atoms with Gasteiger partial charge in [0.15, 0.2) is 6.29 Å². The van der Waals surface area contributed by atoms with Crippen LogP contribution < -0.4 is 4.90 Å². The van der Waals surface area contributed by atoms with Gasteiger partial charge < -0.3 is 19.3 Å². The number of hydrogen-bond acceptors (Lipinski definition) is 5. The summed E-state index contributed by atoms with van der Waals surface area (Å²) >= 11 is 0. The molecule has 2 fully saturated rings. The van der Waals surface area contributed by atoms with Crippen molar-refractivity contribution in [2.45, 2.75) is 13.2 Å². The number of pyridine rings is 1. The molecule has 3 aromatic rings. The van der Waals surface area contributed by atoms with E-state index >= 15 is 0 Å². The second-order valence-electron chi connectivity index (χ2n) is 7.67. The van der Waals surface area contributed by atoms with Gasteiger partial charge in [0.05, 0.1) is 18.9 Å². The SMILES string of the molecule is CCN1CCN(c2nc(-c3ccc(C4OCCO4)cc3)cc3ccccc23)CC1. The molecule has 0 bridgehead atoms. The van der Waals surface area contributed by atoms with Gasteiger partial charge in [0.2, 0.25) is 0 Å². The summed E-state index contributed by atoms with van der Waals surface area (Å²) in [4.78, 5) is 10.0. The van der Waals surface area contributed by atoms with Crippen molar-refractivity contribution in [1.29, 1.82) is 0 Å². The molecule has 5 heteroatoms. The lowest BCUT2D eigenvalue weighted by atomic mass is 10.0. The minimum Gasteiger partial charge on any atom is -0.354 e. The highest BCUT2D eigenvalue weighted by Crippen LogP contribution is 2.32. The topological polar surface area (TPSA) is 37.8 Å². The van der Waals surface area contributed by atoms with Gasteiger partial charge in [-0.15, -0.1) is 0 Å². The summed E-state index contributed by atoms with van der Waals surface area (Å²) in [6.45, 7) is 8.88. The van der Waals surface area contributed by atoms with Gasteiger partial charge in [-0.1, -0.05) is 55.5 Å². The number of aromatic nitrogens is 1. The Morgan fingerprint density at radius 3 is 2.38 bits per heavy atom. The Morgan fingerprint density at radius 2 is 1.66 bits per heavy atom. The van der Waals surface area contributed by atoms with Crippen molar-refractivity contribution < 1.29 is 9.47 Å². The van der Waals surface area contributed by atoms with Crippen LogP contribution in [0.15, 0.2) is 54.6 Å². The van der Waals surface area contributed by atoms with Crippen LogP contribution in [-0.2, 0) is 9.47 Å². The van der Waals surface area contributed by atoms with Gasteiger partial charge in [0.25, 0.3) is 0 Å². The summed E-state index contributed by atoms with van der Waals surface area (Å²) in [5.74, 6) is 1.10. The van der Waals surface area contributed by atoms with E-state index in [-0.39, 0.29) is 6.29 Å². The molecule has 5 nitrogen and oxygen atoms in total. The highest BCUT2D eigenvalue weighted by molar-refractivity contribution is 5.95. The molecule has 0 atom stereocenters. The summed E-state index contributed by atoms with van der Waals surface area (Å²) in [7, 11) is 0. The second-order valence-corrected chi connectivity index (χ2v) is 7.67. The van der Waals surface area contributed by atoms with Crippen molar-refractivity contribution in [2.75, 3.05) is 50.8 Å². The fourth-order valence-electron chi connectivity index (χ4n) is 4.21. The van der Waals surface area contributed by atoms with Crippen LogP contribution in [0, 0.1) is 0 Å². The van der Waals surface area contributed by atoms with Crippen molar-refractivity contribution in [2.24, 2.45) is 0 Å². The van der Waals surface area contributed by atoms with Crippen LogP contribution in [0.4, 0.5) is 5.82 Å². The van der Waals surface area contributed by atoms with Crippen LogP contribution in [0.5, 0.6) is 0 Å². The lowest BCUT2D eigenvalue weighted by Crippen LogP contribution is -2.46. The first-order valence-electron chi connectivity index (χ1n) is 10.5. The van der Waals surface area contributed by atoms with Crippen LogP contribution in [-0.4, -0.2) is 55.8 Å². The van der Waals surface area contributed by atoms with Gasteiger partial charge in [0, 0.05) is 42.7 Å². The van der Waals surface area contributed by atoms with Crippen molar-refractivity contribution in [3.63, 3.8) is 0 Å². The van der Waals surface area contributed by atoms with Crippen LogP contribution in [0.1, 0.15) is 18.8 Å². The number of fused-ring (bicyclic) bond motifs is 1. The maximum Gasteiger partial charge on any atom is 0.184 e. The summed E-state index contributed by atoms with van der Waals surface area (Å²) in [6.07, 6.45) is -0.237. The molecule has 5 rings (SSSR count). The third kappa shape index (κ3) is 3.73. The van der Waals surface area contributed by atoms with Crippen LogP contribution in [0.2, 0.25) is 0 Å². The number of anilines is 1. The van der Waals surface area contributed by atoms with E-state index in [0.717, 1.165) is 55.4 Å². The summed E-state index contributed by atoms with van der Waals surface area (Å²) in [5.41, 5.74) is 3.19. The third-order valence-electron chi connectivity index (χ3n) is 5.94. The third-order valence-corrected chi connectivity index (χ3v) is 5.94. The second kappa shape index (κ2) is 8.11. The van der Waals surface area contributed by atoms with Gasteiger partial charge in [-0.2, -0.15) is 0 Å². The lowest BCUT2D eigenvalue weighted by Gasteiger charge is -2.35. The molecule has 150 valence electrons. The molecule has 2 aromatic carbocycles. The van der Waals surface area contributed by atoms with Gasteiger partial charge in [0.1, 0.15) is 5.82 Å². The molecule has 1 aromatic heterocycles. The zero-order chi connectivity index (χ0) is 19.6. The van der Waals surface area contributed by atoms with Gasteiger partial charge in [-0.25, -0.2) is 4.98 Å². The quantitative estimate of drug-likeness (QED) is 0.672. The van der Waals surface area contributed by atoms with E-state index in [0.29, 0.717) is 13.2 Å². The normalized spacial score (nSPS) is 18.6. The maximum atomic E-state index is 5.61. The van der Waals surface area contributed by atoms with E-state index in [9.17, 15) is 0 Å². The van der Waals surface area contributed by atoms with Gasteiger partial charge in [-0.3, -0.25) is 0 Å². The highest BCUT2D eigenvalue weighted by Gasteiger charge is 2.21. The maximum absolute atomic E-state index is 5.61. The van der Waals surface area contributed by atoms with Crippen molar-refractivity contribution >= 4 is 16.6 Å². The summed E-state index contributed by atoms with van der Waals surface area (Å²) in [5, 5.41) is 2.46. The minimum absolute atomic E-state index is 0.237. The fraction of sp³-hybridized carbons (Fsp3) is 0.375. The molecule has 2 aliphatic rings. The summed E-state index contributed by atoms with van der Waals surface area (Å²) < 4.78 is 11.2.